The smallest absolute Gasteiger partial charge is 0.248 e. The first-order valence-corrected chi connectivity index (χ1v) is 8.12. The summed E-state index contributed by atoms with van der Waals surface area (Å²) < 4.78 is 5.76. The molecular formula is C15H29N3O3. The lowest BCUT2D eigenvalue weighted by Gasteiger charge is -2.37. The molecule has 0 bridgehead atoms. The van der Waals surface area contributed by atoms with E-state index < -0.39 is 0 Å². The lowest BCUT2D eigenvalue weighted by molar-refractivity contribution is -0.142. The molecule has 2 heterocycles. The van der Waals surface area contributed by atoms with Crippen molar-refractivity contribution in [1.82, 2.24) is 15.1 Å². The van der Waals surface area contributed by atoms with Crippen molar-refractivity contribution in [2.45, 2.75) is 37.8 Å². The fourth-order valence-corrected chi connectivity index (χ4v) is 3.16. The highest BCUT2D eigenvalue weighted by Gasteiger charge is 2.27. The topological polar surface area (TPSA) is 65.0 Å². The molecule has 2 fully saturated rings. The summed E-state index contributed by atoms with van der Waals surface area (Å²) in [6.07, 6.45) is 4.11. The van der Waals surface area contributed by atoms with Crippen molar-refractivity contribution in [3.8, 4) is 0 Å². The van der Waals surface area contributed by atoms with Crippen LogP contribution in [0.4, 0.5) is 0 Å². The number of nitrogens with one attached hydrogen (secondary N) is 1. The Morgan fingerprint density at radius 2 is 1.95 bits per heavy atom. The maximum atomic E-state index is 12.4. The molecule has 2 N–H and O–H groups in total. The largest absolute Gasteiger partial charge is 0.395 e. The number of hydrogen-bond donors (Lipinski definition) is 2. The van der Waals surface area contributed by atoms with Crippen LogP contribution in [-0.4, -0.2) is 85.9 Å². The predicted molar refractivity (Wildman–Crippen MR) is 81.2 cm³/mol. The average molecular weight is 299 g/mol. The van der Waals surface area contributed by atoms with Gasteiger partial charge in [-0.1, -0.05) is 0 Å². The molecule has 2 saturated heterocycles. The summed E-state index contributed by atoms with van der Waals surface area (Å²) in [6.45, 7) is 4.54. The first kappa shape index (κ1) is 16.7. The van der Waals surface area contributed by atoms with Crippen LogP contribution in [-0.2, 0) is 9.53 Å². The van der Waals surface area contributed by atoms with Gasteiger partial charge >= 0.3 is 0 Å². The van der Waals surface area contributed by atoms with Crippen molar-refractivity contribution in [2.75, 3.05) is 53.0 Å². The summed E-state index contributed by atoms with van der Waals surface area (Å²) in [6, 6.07) is 0.248. The van der Waals surface area contributed by atoms with E-state index in [4.69, 9.17) is 4.74 Å². The highest BCUT2D eigenvalue weighted by Crippen LogP contribution is 2.16. The van der Waals surface area contributed by atoms with Crippen molar-refractivity contribution in [3.63, 3.8) is 0 Å². The standard InChI is InChI=1S/C15H29N3O3/c1-17-8-4-13(5-9-17)18(10-11-19)15(20)12-21-14-2-6-16-7-3-14/h13-14,16,19H,2-12H2,1H3. The summed E-state index contributed by atoms with van der Waals surface area (Å²) in [5.74, 6) is 0.0251. The van der Waals surface area contributed by atoms with Crippen molar-refractivity contribution >= 4 is 5.91 Å². The highest BCUT2D eigenvalue weighted by molar-refractivity contribution is 5.77. The van der Waals surface area contributed by atoms with E-state index >= 15 is 0 Å². The molecule has 2 rings (SSSR count). The van der Waals surface area contributed by atoms with Gasteiger partial charge in [0.15, 0.2) is 0 Å². The second-order valence-corrected chi connectivity index (χ2v) is 6.11. The number of hydrogen-bond acceptors (Lipinski definition) is 5. The van der Waals surface area contributed by atoms with Crippen LogP contribution < -0.4 is 5.32 Å². The Kier molecular flexibility index (Phi) is 6.89. The monoisotopic (exact) mass is 299 g/mol. The van der Waals surface area contributed by atoms with Crippen molar-refractivity contribution in [1.29, 1.82) is 0 Å². The first-order valence-electron chi connectivity index (χ1n) is 8.12. The zero-order chi connectivity index (χ0) is 15.1. The maximum Gasteiger partial charge on any atom is 0.248 e. The second kappa shape index (κ2) is 8.68. The first-order chi connectivity index (χ1) is 10.2. The van der Waals surface area contributed by atoms with Gasteiger partial charge < -0.3 is 25.0 Å². The van der Waals surface area contributed by atoms with E-state index in [2.05, 4.69) is 17.3 Å². The van der Waals surface area contributed by atoms with Gasteiger partial charge in [-0.15, -0.1) is 0 Å². The number of likely N-dealkylation sites (tertiary alicyclic amines) is 1. The van der Waals surface area contributed by atoms with E-state index in [0.29, 0.717) is 6.54 Å². The third kappa shape index (κ3) is 5.21. The number of carbonyl (C=O) groups is 1. The maximum absolute atomic E-state index is 12.4. The van der Waals surface area contributed by atoms with Gasteiger partial charge in [-0.05, 0) is 58.9 Å². The molecule has 0 atom stereocenters. The number of aliphatic hydroxyl groups is 1. The van der Waals surface area contributed by atoms with Crippen LogP contribution >= 0.6 is 0 Å². The van der Waals surface area contributed by atoms with E-state index in [1.807, 2.05) is 4.90 Å². The van der Waals surface area contributed by atoms with Gasteiger partial charge in [0.25, 0.3) is 0 Å². The van der Waals surface area contributed by atoms with E-state index in [0.717, 1.165) is 51.9 Å². The molecule has 6 heteroatoms. The van der Waals surface area contributed by atoms with Crippen LogP contribution in [0.1, 0.15) is 25.7 Å². The molecule has 0 radical (unpaired) electrons. The summed E-state index contributed by atoms with van der Waals surface area (Å²) in [5, 5.41) is 12.5. The van der Waals surface area contributed by atoms with Gasteiger partial charge in [-0.2, -0.15) is 0 Å². The molecule has 1 amide bonds. The van der Waals surface area contributed by atoms with Crippen LogP contribution in [0.2, 0.25) is 0 Å². The number of carbonyl (C=O) groups excluding carboxylic acids is 1. The summed E-state index contributed by atoms with van der Waals surface area (Å²) in [5.41, 5.74) is 0. The minimum Gasteiger partial charge on any atom is -0.395 e. The minimum absolute atomic E-state index is 0.0193. The molecule has 0 aromatic carbocycles. The third-order valence-electron chi connectivity index (χ3n) is 4.52. The number of piperidine rings is 2. The van der Waals surface area contributed by atoms with E-state index in [1.54, 1.807) is 0 Å². The molecule has 6 nitrogen and oxygen atoms in total. The number of amides is 1. The summed E-state index contributed by atoms with van der Waals surface area (Å²) in [4.78, 5) is 16.5. The SMILES string of the molecule is CN1CCC(N(CCO)C(=O)COC2CCNCC2)CC1. The fraction of sp³-hybridized carbons (Fsp3) is 0.933. The quantitative estimate of drug-likeness (QED) is 0.703. The van der Waals surface area contributed by atoms with Gasteiger partial charge in [0.05, 0.1) is 12.7 Å². The molecule has 2 aliphatic heterocycles. The Bertz CT molecular complexity index is 313. The van der Waals surface area contributed by atoms with E-state index in [9.17, 15) is 9.90 Å². The molecule has 0 unspecified atom stereocenters. The zero-order valence-electron chi connectivity index (χ0n) is 13.1. The Morgan fingerprint density at radius 1 is 1.29 bits per heavy atom. The van der Waals surface area contributed by atoms with Gasteiger partial charge in [0, 0.05) is 12.6 Å². The Labute approximate surface area is 127 Å². The number of nitrogens with zero attached hydrogens (tertiary/aromatic N) is 2. The molecule has 122 valence electrons. The average Bonchev–Trinajstić information content (AvgIpc) is 2.52. The Morgan fingerprint density at radius 3 is 2.57 bits per heavy atom. The van der Waals surface area contributed by atoms with Crippen molar-refractivity contribution < 1.29 is 14.6 Å². The number of rotatable bonds is 6. The van der Waals surface area contributed by atoms with Gasteiger partial charge in [-0.3, -0.25) is 4.79 Å². The highest BCUT2D eigenvalue weighted by atomic mass is 16.5. The number of aliphatic hydroxyl groups excluding tert-OH is 1. The zero-order valence-corrected chi connectivity index (χ0v) is 13.1. The molecular weight excluding hydrogens is 270 g/mol. The van der Waals surface area contributed by atoms with Gasteiger partial charge in [0.2, 0.25) is 5.91 Å². The van der Waals surface area contributed by atoms with E-state index in [1.165, 1.54) is 0 Å². The number of ether oxygens (including phenoxy) is 1. The lowest BCUT2D eigenvalue weighted by Crippen LogP contribution is -2.49. The van der Waals surface area contributed by atoms with Crippen LogP contribution in [0.25, 0.3) is 0 Å². The van der Waals surface area contributed by atoms with Crippen LogP contribution in [0.5, 0.6) is 0 Å². The van der Waals surface area contributed by atoms with Crippen LogP contribution in [0.15, 0.2) is 0 Å². The van der Waals surface area contributed by atoms with E-state index in [-0.39, 0.29) is 31.3 Å². The third-order valence-corrected chi connectivity index (χ3v) is 4.52. The molecule has 0 aromatic heterocycles. The normalized spacial score (nSPS) is 22.4. The van der Waals surface area contributed by atoms with Crippen LogP contribution in [0.3, 0.4) is 0 Å². The van der Waals surface area contributed by atoms with Crippen LogP contribution in [0, 0.1) is 0 Å². The lowest BCUT2D eigenvalue weighted by atomic mass is 10.0. The molecule has 0 aliphatic carbocycles. The molecule has 0 saturated carbocycles. The predicted octanol–water partition coefficient (Wildman–Crippen LogP) is -0.330. The summed E-state index contributed by atoms with van der Waals surface area (Å²) in [7, 11) is 2.11. The van der Waals surface area contributed by atoms with Crippen molar-refractivity contribution in [2.24, 2.45) is 0 Å². The second-order valence-electron chi connectivity index (χ2n) is 6.11. The van der Waals surface area contributed by atoms with Gasteiger partial charge in [-0.25, -0.2) is 0 Å². The Hall–Kier alpha value is -0.690. The van der Waals surface area contributed by atoms with Crippen molar-refractivity contribution in [3.05, 3.63) is 0 Å². The molecule has 0 aromatic rings. The van der Waals surface area contributed by atoms with Gasteiger partial charge in [0.1, 0.15) is 6.61 Å². The molecule has 2 aliphatic rings. The fourth-order valence-electron chi connectivity index (χ4n) is 3.16. The molecule has 0 spiro atoms. The summed E-state index contributed by atoms with van der Waals surface area (Å²) >= 11 is 0. The minimum atomic E-state index is 0.0193. The molecule has 21 heavy (non-hydrogen) atoms. The Balaban J connectivity index is 1.80.